The van der Waals surface area contributed by atoms with Crippen molar-refractivity contribution >= 4 is 98.8 Å². The van der Waals surface area contributed by atoms with Crippen molar-refractivity contribution in [1.29, 1.82) is 0 Å². The second-order valence-corrected chi connectivity index (χ2v) is 31.7. The van der Waals surface area contributed by atoms with E-state index >= 15 is 0 Å². The van der Waals surface area contributed by atoms with Crippen LogP contribution in [0.5, 0.6) is 0 Å². The molecule has 15 heteroatoms. The maximum Gasteiger partial charge on any atom is 0.189 e. The molecule has 0 saturated heterocycles. The molecule has 0 unspecified atom stereocenters. The summed E-state index contributed by atoms with van der Waals surface area (Å²) in [6.45, 7) is 12.6. The first-order valence-electron chi connectivity index (χ1n) is 40.6. The minimum absolute atomic E-state index is 0. The van der Waals surface area contributed by atoms with E-state index in [1.54, 1.807) is 48.0 Å². The SMILES string of the molecule is CC(C)(C)C(=O)C=C(O)C(C)(C)C.CC(O)=CC(=O)c1ccccc1.[Ir].[Ir].[Ir].[Ir].[c-]1cc2ccccc2cc1-c1ccc2ccccc2n1.[c-]1cc2ccccc2cc1-c1ccc2ccccc2n1.[c-]1cc2ccccc2cc1-c1ccc2ccccc2n1.[c-]1ccccc1-c1ccccn1.[c-]1ccccc1-c1ccccn1.[c-]1ccsc1-c1ccc2ccccc2n1. The van der Waals surface area contributed by atoms with Crippen LogP contribution in [0.25, 0.3) is 143 Å². The van der Waals surface area contributed by atoms with E-state index < -0.39 is 5.41 Å². The van der Waals surface area contributed by atoms with Crippen LogP contribution in [0.4, 0.5) is 0 Å². The zero-order valence-electron chi connectivity index (χ0n) is 71.3. The molecule has 0 aliphatic rings. The van der Waals surface area contributed by atoms with E-state index in [9.17, 15) is 14.7 Å². The van der Waals surface area contributed by atoms with E-state index in [4.69, 9.17) is 20.1 Å². The molecule has 7 aromatic heterocycles. The molecule has 20 aromatic rings. The number of carbonyl (C=O) groups excluding carboxylic acids is 2. The fourth-order valence-corrected chi connectivity index (χ4v) is 13.3. The van der Waals surface area contributed by atoms with Crippen molar-refractivity contribution in [2.24, 2.45) is 10.8 Å². The van der Waals surface area contributed by atoms with Gasteiger partial charge in [0.15, 0.2) is 11.6 Å². The van der Waals surface area contributed by atoms with Gasteiger partial charge in [0, 0.05) is 121 Å². The predicted octanol–water partition coefficient (Wildman–Crippen LogP) is 28.8. The van der Waals surface area contributed by atoms with Crippen molar-refractivity contribution in [3.8, 4) is 66.9 Å². The molecule has 0 fully saturated rings. The Hall–Kier alpha value is -12.7. The summed E-state index contributed by atoms with van der Waals surface area (Å²) < 4.78 is 0. The summed E-state index contributed by atoms with van der Waals surface area (Å²) in [4.78, 5) is 51.0. The first-order chi connectivity index (χ1) is 60.3. The van der Waals surface area contributed by atoms with Crippen LogP contribution in [0.3, 0.4) is 0 Å². The number of fused-ring (bicyclic) bond motifs is 7. The van der Waals surface area contributed by atoms with Crippen molar-refractivity contribution in [1.82, 2.24) is 29.9 Å². The van der Waals surface area contributed by atoms with Gasteiger partial charge in [-0.3, -0.25) is 24.5 Å². The zero-order valence-corrected chi connectivity index (χ0v) is 81.7. The van der Waals surface area contributed by atoms with Gasteiger partial charge in [0.2, 0.25) is 0 Å². The molecule has 0 atom stereocenters. The number of hydrogen-bond acceptors (Lipinski definition) is 11. The summed E-state index contributed by atoms with van der Waals surface area (Å²) in [5.41, 5.74) is 15.0. The van der Waals surface area contributed by atoms with Crippen LogP contribution >= 0.6 is 11.3 Å². The smallest absolute Gasteiger partial charge is 0.189 e. The number of aliphatic hydroxyl groups is 2. The third-order valence-electron chi connectivity index (χ3n) is 19.4. The normalized spacial score (nSPS) is 10.7. The number of rotatable bonds is 9. The zero-order chi connectivity index (χ0) is 86.5. The maximum atomic E-state index is 11.5. The largest absolute Gasteiger partial charge is 0.512 e. The molecule has 0 bridgehead atoms. The number of hydrogen-bond donors (Lipinski definition) is 2. The molecule has 644 valence electrons. The van der Waals surface area contributed by atoms with Gasteiger partial charge >= 0.3 is 0 Å². The molecule has 4 radical (unpaired) electrons. The predicted molar refractivity (Wildman–Crippen MR) is 513 cm³/mol. The molecule has 7 heterocycles. The average Bonchev–Trinajstić information content (AvgIpc) is 1.05. The quantitative estimate of drug-likeness (QED) is 0.0618. The number of nitrogens with zero attached hydrogens (tertiary/aromatic N) is 6. The summed E-state index contributed by atoms with van der Waals surface area (Å²) in [5, 5.41) is 32.3. The Morgan fingerprint density at radius 2 is 0.633 bits per heavy atom. The fraction of sp³-hybridized carbons (Fsp3) is 0.0796. The number of carbonyl (C=O) groups is 2. The van der Waals surface area contributed by atoms with E-state index in [2.05, 4.69) is 191 Å². The Labute approximate surface area is 807 Å². The van der Waals surface area contributed by atoms with Gasteiger partial charge in [0.05, 0.1) is 27.8 Å². The Bertz CT molecular complexity index is 6230. The van der Waals surface area contributed by atoms with Crippen LogP contribution in [-0.2, 0) is 85.2 Å². The number of aromatic nitrogens is 6. The fourth-order valence-electron chi connectivity index (χ4n) is 12.6. The molecule has 0 aliphatic carbocycles. The van der Waals surface area contributed by atoms with Crippen LogP contribution in [0.1, 0.15) is 58.8 Å². The summed E-state index contributed by atoms with van der Waals surface area (Å²) in [7, 11) is 0. The minimum atomic E-state index is -0.417. The van der Waals surface area contributed by atoms with Crippen molar-refractivity contribution in [2.45, 2.75) is 48.5 Å². The van der Waals surface area contributed by atoms with Crippen molar-refractivity contribution in [3.05, 3.63) is 460 Å². The van der Waals surface area contributed by atoms with Gasteiger partial charge in [-0.1, -0.05) is 311 Å². The number of thiophene rings is 1. The first-order valence-corrected chi connectivity index (χ1v) is 41.5. The van der Waals surface area contributed by atoms with Crippen LogP contribution in [0.15, 0.2) is 418 Å². The monoisotopic (exact) mass is 2400 g/mol. The standard InChI is InChI=1S/3C19H12N.C13H8NS.2C11H8N.C11H20O2.C10H10O2.4Ir/c3*1-2-7-16-13-17(10-9-14(16)5-1)19-12-11-15-6-3-4-8-18(15)20-19;1-2-5-11-10(4-1)7-8-12(14-11)13-6-3-9-15-13;2*1-2-6-10(7-3-1)11-8-4-5-9-12-11;1-10(2,3)8(12)7-9(13)11(4,5)6;1-8(11)7-10(12)9-5-3-2-4-6-9;;;;/h3*1-9,11-13H;1-5,7-9H;2*1-6,8-9H;7,12H,1-6H3;2-7,11H,1H3;;;;/q6*-1;;;;;;. The summed E-state index contributed by atoms with van der Waals surface area (Å²) >= 11 is 1.67. The molecule has 10 nitrogen and oxygen atoms in total. The summed E-state index contributed by atoms with van der Waals surface area (Å²) in [5.74, 6) is -0.0354. The molecule has 128 heavy (non-hydrogen) atoms. The number of pyridine rings is 6. The van der Waals surface area contributed by atoms with E-state index in [1.165, 1.54) is 56.8 Å². The third-order valence-corrected chi connectivity index (χ3v) is 20.3. The molecule has 2 N–H and O–H groups in total. The molecule has 0 saturated carbocycles. The van der Waals surface area contributed by atoms with Crippen molar-refractivity contribution < 1.29 is 100 Å². The van der Waals surface area contributed by atoms with E-state index in [-0.39, 0.29) is 109 Å². The maximum absolute atomic E-state index is 11.5. The Morgan fingerprint density at radius 1 is 0.305 bits per heavy atom. The number of allylic oxidation sites excluding steroid dienone is 4. The first kappa shape index (κ1) is 99.1. The minimum Gasteiger partial charge on any atom is -0.512 e. The third kappa shape index (κ3) is 28.9. The van der Waals surface area contributed by atoms with Crippen LogP contribution in [-0.4, -0.2) is 51.7 Å². The molecular formula is C113H90Ir4N6O4S-6. The number of ketones is 2. The van der Waals surface area contributed by atoms with Crippen LogP contribution in [0.2, 0.25) is 0 Å². The molecule has 0 spiro atoms. The Balaban J connectivity index is 0.000000166. The summed E-state index contributed by atoms with van der Waals surface area (Å²) in [6.07, 6.45) is 6.11. The molecule has 0 aliphatic heterocycles. The number of para-hydroxylation sites is 4. The van der Waals surface area contributed by atoms with Crippen molar-refractivity contribution in [2.75, 3.05) is 0 Å². The number of aliphatic hydroxyl groups excluding tert-OH is 2. The van der Waals surface area contributed by atoms with Gasteiger partial charge in [-0.05, 0) is 99.0 Å². The molecule has 0 amide bonds. The average molecular weight is 2400 g/mol. The second kappa shape index (κ2) is 49.4. The van der Waals surface area contributed by atoms with Gasteiger partial charge in [-0.2, -0.15) is 12.1 Å². The second-order valence-electron chi connectivity index (χ2n) is 30.8. The Morgan fingerprint density at radius 3 is 0.953 bits per heavy atom. The van der Waals surface area contributed by atoms with Gasteiger partial charge in [0.25, 0.3) is 0 Å². The van der Waals surface area contributed by atoms with Crippen molar-refractivity contribution in [3.63, 3.8) is 0 Å². The topological polar surface area (TPSA) is 152 Å². The van der Waals surface area contributed by atoms with E-state index in [0.717, 1.165) is 105 Å². The van der Waals surface area contributed by atoms with Crippen LogP contribution in [0, 0.1) is 47.2 Å². The van der Waals surface area contributed by atoms with Crippen LogP contribution < -0.4 is 0 Å². The van der Waals surface area contributed by atoms with Gasteiger partial charge in [0.1, 0.15) is 5.76 Å². The molecule has 13 aromatic carbocycles. The summed E-state index contributed by atoms with van der Waals surface area (Å²) in [6, 6.07) is 144. The molecule has 20 rings (SSSR count). The van der Waals surface area contributed by atoms with E-state index in [1.807, 2.05) is 259 Å². The van der Waals surface area contributed by atoms with Gasteiger partial charge in [-0.25, -0.2) is 11.3 Å². The molecular weight excluding hydrogens is 2310 g/mol. The van der Waals surface area contributed by atoms with Gasteiger partial charge < -0.3 is 25.2 Å². The number of benzene rings is 13. The van der Waals surface area contributed by atoms with E-state index in [0.29, 0.717) is 5.56 Å². The van der Waals surface area contributed by atoms with Gasteiger partial charge in [-0.15, -0.1) is 165 Å². The Kier molecular flexibility index (Phi) is 38.3.